The molecule has 0 bridgehead atoms. The van der Waals surface area contributed by atoms with Crippen LogP contribution in [0, 0.1) is 6.92 Å². The van der Waals surface area contributed by atoms with Crippen LogP contribution in [0.25, 0.3) is 0 Å². The summed E-state index contributed by atoms with van der Waals surface area (Å²) in [6.45, 7) is 2.14. The van der Waals surface area contributed by atoms with Gasteiger partial charge in [0.2, 0.25) is 0 Å². The van der Waals surface area contributed by atoms with E-state index in [0.717, 1.165) is 22.3 Å². The van der Waals surface area contributed by atoms with E-state index in [1.807, 2.05) is 97.9 Å². The molecule has 4 aromatic carbocycles. The van der Waals surface area contributed by atoms with Gasteiger partial charge in [-0.3, -0.25) is 4.18 Å². The van der Waals surface area contributed by atoms with Crippen LogP contribution >= 0.6 is 0 Å². The maximum Gasteiger partial charge on any atom is 0.297 e. The first-order valence-corrected chi connectivity index (χ1v) is 14.7. The van der Waals surface area contributed by atoms with Gasteiger partial charge in [-0.1, -0.05) is 109 Å². The van der Waals surface area contributed by atoms with E-state index in [-0.39, 0.29) is 31.3 Å². The summed E-state index contributed by atoms with van der Waals surface area (Å²) < 4.78 is 50.7. The van der Waals surface area contributed by atoms with Gasteiger partial charge in [0.15, 0.2) is 6.29 Å². The van der Waals surface area contributed by atoms with Crippen molar-refractivity contribution >= 4 is 16.4 Å². The maximum absolute atomic E-state index is 13.4. The Balaban J connectivity index is 1.61. The van der Waals surface area contributed by atoms with Crippen molar-refractivity contribution in [2.45, 2.75) is 50.0 Å². The van der Waals surface area contributed by atoms with E-state index in [0.29, 0.717) is 6.29 Å². The Bertz CT molecular complexity index is 1430. The average molecular weight is 575 g/mol. The summed E-state index contributed by atoms with van der Waals surface area (Å²) in [6.07, 6.45) is -2.82. The minimum Gasteiger partial charge on any atom is -0.374 e. The molecular weight excluding hydrogens is 540 g/mol. The van der Waals surface area contributed by atoms with Crippen molar-refractivity contribution in [1.29, 1.82) is 0 Å². The quantitative estimate of drug-likeness (QED) is 0.126. The summed E-state index contributed by atoms with van der Waals surface area (Å²) in [5.41, 5.74) is 3.51. The molecule has 0 saturated heterocycles. The van der Waals surface area contributed by atoms with E-state index < -0.39 is 28.4 Å². The van der Waals surface area contributed by atoms with Crippen molar-refractivity contribution in [3.63, 3.8) is 0 Å². The Labute approximate surface area is 241 Å². The minimum atomic E-state index is -4.24. The fraction of sp³-hybridized carbons (Fsp3) is 0.242. The number of rotatable bonds is 16. The molecule has 0 spiro atoms. The van der Waals surface area contributed by atoms with E-state index >= 15 is 0 Å². The van der Waals surface area contributed by atoms with E-state index in [2.05, 4.69) is 0 Å². The fourth-order valence-corrected chi connectivity index (χ4v) is 5.20. The van der Waals surface area contributed by atoms with Crippen LogP contribution in [0.2, 0.25) is 0 Å². The van der Waals surface area contributed by atoms with E-state index in [1.54, 1.807) is 12.1 Å². The van der Waals surface area contributed by atoms with Gasteiger partial charge >= 0.3 is 0 Å². The second-order valence-electron chi connectivity index (χ2n) is 9.56. The van der Waals surface area contributed by atoms with Crippen molar-refractivity contribution < 1.29 is 31.6 Å². The molecule has 0 aliphatic carbocycles. The van der Waals surface area contributed by atoms with Gasteiger partial charge in [0.05, 0.1) is 31.3 Å². The summed E-state index contributed by atoms with van der Waals surface area (Å²) in [4.78, 5) is 12.4. The maximum atomic E-state index is 13.4. The van der Waals surface area contributed by atoms with Gasteiger partial charge in [-0.2, -0.15) is 8.42 Å². The molecule has 0 fully saturated rings. The lowest BCUT2D eigenvalue weighted by atomic mass is 10.1. The van der Waals surface area contributed by atoms with Crippen LogP contribution in [0.1, 0.15) is 22.3 Å². The minimum absolute atomic E-state index is 0.00849. The molecule has 0 aliphatic rings. The molecule has 0 radical (unpaired) electrons. The molecule has 0 amide bonds. The number of ether oxygens (including phenoxy) is 3. The molecule has 0 aromatic heterocycles. The number of aldehydes is 1. The number of benzene rings is 4. The molecular formula is C33H34O7S. The predicted molar refractivity (Wildman–Crippen MR) is 155 cm³/mol. The zero-order valence-corrected chi connectivity index (χ0v) is 23.7. The number of hydrogen-bond acceptors (Lipinski definition) is 7. The second kappa shape index (κ2) is 15.4. The van der Waals surface area contributed by atoms with Crippen LogP contribution in [0.15, 0.2) is 120 Å². The molecule has 0 heterocycles. The zero-order chi connectivity index (χ0) is 28.9. The first-order chi connectivity index (χ1) is 19.9. The highest BCUT2D eigenvalue weighted by Crippen LogP contribution is 2.22. The molecule has 0 unspecified atom stereocenters. The van der Waals surface area contributed by atoms with Crippen molar-refractivity contribution in [3.05, 3.63) is 138 Å². The largest absolute Gasteiger partial charge is 0.374 e. The summed E-state index contributed by atoms with van der Waals surface area (Å²) in [5.74, 6) is 0. The van der Waals surface area contributed by atoms with E-state index in [1.165, 1.54) is 12.1 Å². The third-order valence-corrected chi connectivity index (χ3v) is 7.70. The third-order valence-electron chi connectivity index (χ3n) is 6.35. The van der Waals surface area contributed by atoms with Crippen LogP contribution in [-0.2, 0) is 53.1 Å². The highest BCUT2D eigenvalue weighted by molar-refractivity contribution is 7.86. The van der Waals surface area contributed by atoms with Crippen LogP contribution < -0.4 is 0 Å². The van der Waals surface area contributed by atoms with Gasteiger partial charge in [0, 0.05) is 0 Å². The summed E-state index contributed by atoms with van der Waals surface area (Å²) in [6, 6.07) is 34.6. The van der Waals surface area contributed by atoms with Crippen molar-refractivity contribution in [2.75, 3.05) is 6.61 Å². The van der Waals surface area contributed by atoms with Gasteiger partial charge in [-0.25, -0.2) is 0 Å². The van der Waals surface area contributed by atoms with Gasteiger partial charge < -0.3 is 19.0 Å². The average Bonchev–Trinajstić information content (AvgIpc) is 3.00. The molecule has 0 N–H and O–H groups in total. The first-order valence-electron chi connectivity index (χ1n) is 13.3. The molecule has 4 aromatic rings. The van der Waals surface area contributed by atoms with Crippen LogP contribution in [0.4, 0.5) is 0 Å². The predicted octanol–water partition coefficient (Wildman–Crippen LogP) is 5.66. The van der Waals surface area contributed by atoms with Gasteiger partial charge in [-0.15, -0.1) is 0 Å². The molecule has 0 aliphatic heterocycles. The van der Waals surface area contributed by atoms with Gasteiger partial charge in [-0.05, 0) is 35.7 Å². The summed E-state index contributed by atoms with van der Waals surface area (Å²) in [7, 11) is -4.24. The van der Waals surface area contributed by atoms with Gasteiger partial charge in [0.1, 0.15) is 18.3 Å². The first kappa shape index (κ1) is 30.3. The second-order valence-corrected chi connectivity index (χ2v) is 11.1. The van der Waals surface area contributed by atoms with Crippen molar-refractivity contribution in [1.82, 2.24) is 0 Å². The Kier molecular flexibility index (Phi) is 11.4. The number of aryl methyl sites for hydroxylation is 1. The lowest BCUT2D eigenvalue weighted by Gasteiger charge is -2.30. The van der Waals surface area contributed by atoms with E-state index in [9.17, 15) is 13.2 Å². The number of carbonyl (C=O) groups is 1. The standard InChI is InChI=1S/C33H34O7S/c1-26-17-19-30(20-18-26)41(35,36)40-32(25-37-22-27-11-5-2-6-12-27)33(39-24-29-15-9-4-10-16-29)31(21-34)38-23-28-13-7-3-8-14-28/h2-21,31-33H,22-25H2,1H3/t31-,32+,33-/m0/s1. The van der Waals surface area contributed by atoms with E-state index in [4.69, 9.17) is 18.4 Å². The monoisotopic (exact) mass is 574 g/mol. The molecule has 214 valence electrons. The van der Waals surface area contributed by atoms with Crippen LogP contribution in [-0.4, -0.2) is 39.6 Å². The number of hydrogen-bond donors (Lipinski definition) is 0. The Hall–Kier alpha value is -3.66. The molecule has 4 rings (SSSR count). The Morgan fingerprint density at radius 1 is 0.659 bits per heavy atom. The molecule has 7 nitrogen and oxygen atoms in total. The van der Waals surface area contributed by atoms with Crippen LogP contribution in [0.3, 0.4) is 0 Å². The molecule has 41 heavy (non-hydrogen) atoms. The highest BCUT2D eigenvalue weighted by atomic mass is 32.2. The Morgan fingerprint density at radius 2 is 1.15 bits per heavy atom. The smallest absolute Gasteiger partial charge is 0.297 e. The topological polar surface area (TPSA) is 88.1 Å². The molecule has 8 heteroatoms. The lowest BCUT2D eigenvalue weighted by molar-refractivity contribution is -0.151. The van der Waals surface area contributed by atoms with Crippen molar-refractivity contribution in [3.8, 4) is 0 Å². The number of carbonyl (C=O) groups excluding carboxylic acids is 1. The zero-order valence-electron chi connectivity index (χ0n) is 22.9. The third kappa shape index (κ3) is 9.45. The lowest BCUT2D eigenvalue weighted by Crippen LogP contribution is -2.46. The SMILES string of the molecule is Cc1ccc(S(=O)(=O)O[C@H](COCc2ccccc2)[C@@H](OCc2ccccc2)[C@H](C=O)OCc2ccccc2)cc1. The Morgan fingerprint density at radius 3 is 1.66 bits per heavy atom. The summed E-state index contributed by atoms with van der Waals surface area (Å²) >= 11 is 0. The summed E-state index contributed by atoms with van der Waals surface area (Å²) in [5, 5.41) is 0. The molecule has 0 saturated carbocycles. The molecule has 3 atom stereocenters. The van der Waals surface area contributed by atoms with Gasteiger partial charge in [0.25, 0.3) is 10.1 Å². The highest BCUT2D eigenvalue weighted by Gasteiger charge is 2.36. The van der Waals surface area contributed by atoms with Crippen LogP contribution in [0.5, 0.6) is 0 Å². The fourth-order valence-electron chi connectivity index (χ4n) is 4.13. The van der Waals surface area contributed by atoms with Crippen molar-refractivity contribution in [2.24, 2.45) is 0 Å². The normalized spacial score (nSPS) is 13.8.